The molecule has 0 aromatic carbocycles. The molecule has 0 aromatic rings. The average Bonchev–Trinajstić information content (AvgIpc) is 2.53. The maximum atomic E-state index is 5.60. The van der Waals surface area contributed by atoms with E-state index in [1.807, 2.05) is 0 Å². The molecular formula is C18H38N4O2. The van der Waals surface area contributed by atoms with Crippen molar-refractivity contribution in [1.29, 1.82) is 0 Å². The molecule has 2 N–H and O–H groups in total. The van der Waals surface area contributed by atoms with E-state index < -0.39 is 0 Å². The summed E-state index contributed by atoms with van der Waals surface area (Å²) in [7, 11) is 3.53. The summed E-state index contributed by atoms with van der Waals surface area (Å²) in [5, 5.41) is 6.95. The Bertz CT molecular complexity index is 361. The number of ether oxygens (including phenoxy) is 2. The van der Waals surface area contributed by atoms with E-state index >= 15 is 0 Å². The van der Waals surface area contributed by atoms with E-state index in [9.17, 15) is 0 Å². The predicted molar refractivity (Wildman–Crippen MR) is 101 cm³/mol. The monoisotopic (exact) mass is 342 g/mol. The zero-order valence-electron chi connectivity index (χ0n) is 16.5. The van der Waals surface area contributed by atoms with E-state index in [-0.39, 0.29) is 11.5 Å². The molecule has 1 fully saturated rings. The number of nitrogens with one attached hydrogen (secondary N) is 2. The van der Waals surface area contributed by atoms with Crippen molar-refractivity contribution in [2.75, 3.05) is 53.6 Å². The van der Waals surface area contributed by atoms with Gasteiger partial charge >= 0.3 is 0 Å². The molecule has 0 bridgehead atoms. The van der Waals surface area contributed by atoms with Gasteiger partial charge in [-0.3, -0.25) is 4.99 Å². The molecule has 6 nitrogen and oxygen atoms in total. The first-order chi connectivity index (χ1) is 11.4. The average molecular weight is 343 g/mol. The summed E-state index contributed by atoms with van der Waals surface area (Å²) in [6.45, 7) is 14.3. The number of methoxy groups -OCH3 is 2. The van der Waals surface area contributed by atoms with Gasteiger partial charge < -0.3 is 25.0 Å². The van der Waals surface area contributed by atoms with Crippen molar-refractivity contribution < 1.29 is 9.47 Å². The summed E-state index contributed by atoms with van der Waals surface area (Å²) in [6.07, 6.45) is 2.39. The van der Waals surface area contributed by atoms with Crippen LogP contribution in [0.15, 0.2) is 4.99 Å². The number of likely N-dealkylation sites (tertiary alicyclic amines) is 1. The molecule has 0 aromatic heterocycles. The highest BCUT2D eigenvalue weighted by Crippen LogP contribution is 2.21. The number of piperidine rings is 1. The second-order valence-electron chi connectivity index (χ2n) is 7.56. The standard InChI is InChI=1S/C18H38N4O2/c1-7-19-17(20-14-16(24-6)18(2,3)4)21-15-8-10-22(11-9-15)12-13-23-5/h15-16H,7-14H2,1-6H3,(H2,19,20,21). The minimum atomic E-state index is 0.0856. The topological polar surface area (TPSA) is 58.1 Å². The highest BCUT2D eigenvalue weighted by molar-refractivity contribution is 5.80. The van der Waals surface area contributed by atoms with Crippen LogP contribution < -0.4 is 10.6 Å². The zero-order chi connectivity index (χ0) is 18.0. The molecule has 1 heterocycles. The first kappa shape index (κ1) is 21.2. The maximum absolute atomic E-state index is 5.60. The van der Waals surface area contributed by atoms with Crippen LogP contribution in [0, 0.1) is 5.41 Å². The molecule has 6 heteroatoms. The van der Waals surface area contributed by atoms with E-state index in [1.54, 1.807) is 14.2 Å². The normalized spacial score (nSPS) is 19.3. The van der Waals surface area contributed by atoms with Crippen LogP contribution in [0.3, 0.4) is 0 Å². The number of nitrogens with zero attached hydrogens (tertiary/aromatic N) is 2. The Labute approximate surface area is 148 Å². The molecule has 0 amide bonds. The number of rotatable bonds is 8. The highest BCUT2D eigenvalue weighted by atomic mass is 16.5. The quantitative estimate of drug-likeness (QED) is 0.519. The van der Waals surface area contributed by atoms with Gasteiger partial charge in [-0.1, -0.05) is 20.8 Å². The molecule has 0 saturated carbocycles. The highest BCUT2D eigenvalue weighted by Gasteiger charge is 2.24. The van der Waals surface area contributed by atoms with E-state index in [0.717, 1.165) is 51.6 Å². The van der Waals surface area contributed by atoms with Gasteiger partial charge in [-0.05, 0) is 25.2 Å². The Hall–Kier alpha value is -0.850. The molecule has 1 unspecified atom stereocenters. The summed E-state index contributed by atoms with van der Waals surface area (Å²) in [5.41, 5.74) is 0.0856. The van der Waals surface area contributed by atoms with Gasteiger partial charge in [0.25, 0.3) is 0 Å². The van der Waals surface area contributed by atoms with E-state index in [1.165, 1.54) is 0 Å². The molecule has 0 radical (unpaired) electrons. The van der Waals surface area contributed by atoms with Gasteiger partial charge in [0.1, 0.15) is 0 Å². The second kappa shape index (κ2) is 10.9. The summed E-state index contributed by atoms with van der Waals surface area (Å²) in [5.74, 6) is 0.902. The lowest BCUT2D eigenvalue weighted by Gasteiger charge is -2.33. The van der Waals surface area contributed by atoms with Gasteiger partial charge in [0.2, 0.25) is 0 Å². The summed E-state index contributed by atoms with van der Waals surface area (Å²) < 4.78 is 10.8. The third-order valence-electron chi connectivity index (χ3n) is 4.55. The van der Waals surface area contributed by atoms with Crippen LogP contribution in [-0.2, 0) is 9.47 Å². The van der Waals surface area contributed by atoms with Gasteiger partial charge in [-0.15, -0.1) is 0 Å². The van der Waals surface area contributed by atoms with Gasteiger partial charge in [-0.2, -0.15) is 0 Å². The van der Waals surface area contributed by atoms with Crippen molar-refractivity contribution >= 4 is 5.96 Å². The molecular weight excluding hydrogens is 304 g/mol. The van der Waals surface area contributed by atoms with Crippen molar-refractivity contribution in [3.05, 3.63) is 0 Å². The summed E-state index contributed by atoms with van der Waals surface area (Å²) in [4.78, 5) is 7.21. The molecule has 0 spiro atoms. The van der Waals surface area contributed by atoms with Crippen molar-refractivity contribution in [2.45, 2.75) is 52.7 Å². The molecule has 1 saturated heterocycles. The Balaban J connectivity index is 2.50. The van der Waals surface area contributed by atoms with Gasteiger partial charge in [0.15, 0.2) is 5.96 Å². The molecule has 1 aliphatic rings. The fraction of sp³-hybridized carbons (Fsp3) is 0.944. The summed E-state index contributed by atoms with van der Waals surface area (Å²) >= 11 is 0. The van der Waals surface area contributed by atoms with Crippen LogP contribution in [0.25, 0.3) is 0 Å². The van der Waals surface area contributed by atoms with Crippen molar-refractivity contribution in [1.82, 2.24) is 15.5 Å². The van der Waals surface area contributed by atoms with Crippen molar-refractivity contribution in [3.63, 3.8) is 0 Å². The smallest absolute Gasteiger partial charge is 0.191 e. The third kappa shape index (κ3) is 7.81. The lowest BCUT2D eigenvalue weighted by Crippen LogP contribution is -2.49. The molecule has 24 heavy (non-hydrogen) atoms. The Kier molecular flexibility index (Phi) is 9.63. The molecule has 1 rings (SSSR count). The predicted octanol–water partition coefficient (Wildman–Crippen LogP) is 1.71. The minimum Gasteiger partial charge on any atom is -0.383 e. The molecule has 142 valence electrons. The largest absolute Gasteiger partial charge is 0.383 e. The van der Waals surface area contributed by atoms with Gasteiger partial charge in [-0.25, -0.2) is 0 Å². The maximum Gasteiger partial charge on any atom is 0.191 e. The number of aliphatic imine (C=N–C) groups is 1. The van der Waals surface area contributed by atoms with Crippen molar-refractivity contribution in [2.24, 2.45) is 10.4 Å². The lowest BCUT2D eigenvalue weighted by atomic mass is 9.89. The van der Waals surface area contributed by atoms with Crippen LogP contribution in [-0.4, -0.2) is 76.6 Å². The van der Waals surface area contributed by atoms with Crippen LogP contribution >= 0.6 is 0 Å². The zero-order valence-corrected chi connectivity index (χ0v) is 16.5. The third-order valence-corrected chi connectivity index (χ3v) is 4.55. The summed E-state index contributed by atoms with van der Waals surface area (Å²) in [6, 6.07) is 0.484. The Morgan fingerprint density at radius 1 is 1.25 bits per heavy atom. The van der Waals surface area contributed by atoms with Gasteiger partial charge in [0, 0.05) is 46.4 Å². The molecule has 0 aliphatic carbocycles. The van der Waals surface area contributed by atoms with E-state index in [0.29, 0.717) is 12.6 Å². The molecule has 1 atom stereocenters. The van der Waals surface area contributed by atoms with Crippen LogP contribution in [0.1, 0.15) is 40.5 Å². The van der Waals surface area contributed by atoms with E-state index in [2.05, 4.69) is 43.2 Å². The Morgan fingerprint density at radius 3 is 2.42 bits per heavy atom. The Morgan fingerprint density at radius 2 is 1.92 bits per heavy atom. The van der Waals surface area contributed by atoms with E-state index in [4.69, 9.17) is 14.5 Å². The fourth-order valence-electron chi connectivity index (χ4n) is 2.91. The van der Waals surface area contributed by atoms with Crippen LogP contribution in [0.4, 0.5) is 0 Å². The van der Waals surface area contributed by atoms with Crippen LogP contribution in [0.5, 0.6) is 0 Å². The lowest BCUT2D eigenvalue weighted by molar-refractivity contribution is 0.0241. The number of guanidine groups is 1. The first-order valence-electron chi connectivity index (χ1n) is 9.19. The second-order valence-corrected chi connectivity index (χ2v) is 7.56. The van der Waals surface area contributed by atoms with Crippen LogP contribution in [0.2, 0.25) is 0 Å². The first-order valence-corrected chi connectivity index (χ1v) is 9.19. The fourth-order valence-corrected chi connectivity index (χ4v) is 2.91. The molecule has 1 aliphatic heterocycles. The SMILES string of the molecule is CCNC(=NCC(OC)C(C)(C)C)NC1CCN(CCOC)CC1. The van der Waals surface area contributed by atoms with Crippen molar-refractivity contribution in [3.8, 4) is 0 Å². The van der Waals surface area contributed by atoms with Gasteiger partial charge in [0.05, 0.1) is 19.3 Å². The number of hydrogen-bond acceptors (Lipinski definition) is 4. The number of hydrogen-bond donors (Lipinski definition) is 2. The minimum absolute atomic E-state index is 0.0856.